The van der Waals surface area contributed by atoms with Crippen LogP contribution in [-0.2, 0) is 43.2 Å². The first-order valence-electron chi connectivity index (χ1n) is 21.1. The molecule has 0 saturated heterocycles. The predicted octanol–water partition coefficient (Wildman–Crippen LogP) is 11.0. The number of hydrogen-bond acceptors (Lipinski definition) is 11. The van der Waals surface area contributed by atoms with Gasteiger partial charge in [-0.3, -0.25) is 4.79 Å². The molecule has 6 aromatic carbocycles. The standard InChI is InChI=1S/C20H18O3S.C17H14O4S.C17H14O2S/c1-2-6-18(21)24-16-11-9-14(10-12-16)17-13-23-20(22)19(17)15-7-4-3-5-8-15;1-22(19,20)14-9-7-12(8-10-14)15-11-21-17(18)16(15)13-5-3-2-4-6-13;1-20-14-9-7-12(8-10-14)15-11-19-17(18)16(15)13-5-3-2-4-6-13/h3-5,7-12H,2,6,13H2,1H3;2-10H,11H2,1H3;2-10H,11H2,1H3/i;1-1;. The van der Waals surface area contributed by atoms with Crippen LogP contribution < -0.4 is 0 Å². The monoisotopic (exact) mass is 933 g/mol. The minimum absolute atomic E-state index is 0.175. The van der Waals surface area contributed by atoms with Crippen LogP contribution in [-0.4, -0.2) is 63.8 Å². The van der Waals surface area contributed by atoms with E-state index in [1.54, 1.807) is 36.0 Å². The maximum Gasteiger partial charge on any atom is 0.339 e. The van der Waals surface area contributed by atoms with Gasteiger partial charge in [0.2, 0.25) is 0 Å². The third kappa shape index (κ3) is 11.6. The van der Waals surface area contributed by atoms with Crippen molar-refractivity contribution in [3.63, 3.8) is 0 Å². The van der Waals surface area contributed by atoms with Gasteiger partial charge in [-0.2, -0.15) is 0 Å². The van der Waals surface area contributed by atoms with Crippen molar-refractivity contribution in [2.24, 2.45) is 0 Å². The van der Waals surface area contributed by atoms with Gasteiger partial charge in [-0.25, -0.2) is 22.8 Å². The summed E-state index contributed by atoms with van der Waals surface area (Å²) in [6.45, 7) is 2.82. The number of carbonyl (C=O) groups is 4. The van der Waals surface area contributed by atoms with Gasteiger partial charge < -0.3 is 14.2 Å². The predicted molar refractivity (Wildman–Crippen MR) is 263 cm³/mol. The maximum atomic E-state index is 12.1. The molecule has 12 heteroatoms. The van der Waals surface area contributed by atoms with Crippen LogP contribution in [0.2, 0.25) is 0 Å². The Hall–Kier alpha value is -6.73. The van der Waals surface area contributed by atoms with Crippen molar-refractivity contribution in [1.82, 2.24) is 0 Å². The summed E-state index contributed by atoms with van der Waals surface area (Å²) in [4.78, 5) is 50.2. The summed E-state index contributed by atoms with van der Waals surface area (Å²) in [5, 5.41) is 0.175. The Balaban J connectivity index is 0.000000148. The molecule has 3 heterocycles. The fourth-order valence-electron chi connectivity index (χ4n) is 7.40. The molecule has 9 rings (SSSR count). The van der Waals surface area contributed by atoms with Gasteiger partial charge in [0, 0.05) is 39.2 Å². The highest BCUT2D eigenvalue weighted by Gasteiger charge is 2.29. The quantitative estimate of drug-likeness (QED) is 0.0699. The van der Waals surface area contributed by atoms with E-state index in [1.807, 2.05) is 141 Å². The molecule has 0 aliphatic carbocycles. The van der Waals surface area contributed by atoms with Crippen LogP contribution in [0, 0.1) is 0 Å². The Labute approximate surface area is 393 Å². The number of rotatable bonds is 11. The molecule has 0 amide bonds. The van der Waals surface area contributed by atoms with E-state index in [9.17, 15) is 27.6 Å². The number of cyclic esters (lactones) is 3. The lowest BCUT2D eigenvalue weighted by Crippen LogP contribution is -1.98. The minimum Gasteiger partial charge on any atom is -0.457 e. The third-order valence-electron chi connectivity index (χ3n) is 10.7. The summed E-state index contributed by atoms with van der Waals surface area (Å²) in [5.41, 5.74) is 9.84. The Morgan fingerprint density at radius 1 is 0.485 bits per heavy atom. The topological polar surface area (TPSA) is 130 Å². The lowest BCUT2D eigenvalue weighted by molar-refractivity contribution is -0.134. The molecule has 334 valence electrons. The minimum atomic E-state index is -3.23. The summed E-state index contributed by atoms with van der Waals surface area (Å²) in [6, 6.07) is 51.0. The van der Waals surface area contributed by atoms with Gasteiger partial charge in [-0.05, 0) is 82.5 Å². The van der Waals surface area contributed by atoms with Crippen LogP contribution in [0.1, 0.15) is 53.1 Å². The summed E-state index contributed by atoms with van der Waals surface area (Å²) in [7, 11) is -3.23. The Bertz CT molecular complexity index is 2920. The first-order valence-corrected chi connectivity index (χ1v) is 25.0. The van der Waals surface area contributed by atoms with E-state index >= 15 is 0 Å². The van der Waals surface area contributed by atoms with Crippen LogP contribution in [0.4, 0.5) is 0 Å². The highest BCUT2D eigenvalue weighted by Crippen LogP contribution is 2.36. The highest BCUT2D eigenvalue weighted by atomic mass is 32.2. The van der Waals surface area contributed by atoms with Gasteiger partial charge in [-0.15, -0.1) is 11.8 Å². The van der Waals surface area contributed by atoms with Crippen molar-refractivity contribution in [1.29, 1.82) is 0 Å². The van der Waals surface area contributed by atoms with E-state index in [4.69, 9.17) is 14.2 Å². The fourth-order valence-corrected chi connectivity index (χ4v) is 9.28. The van der Waals surface area contributed by atoms with E-state index in [2.05, 4.69) is 12.1 Å². The van der Waals surface area contributed by atoms with Gasteiger partial charge in [0.25, 0.3) is 0 Å². The zero-order valence-electron chi connectivity index (χ0n) is 36.5. The number of ether oxygens (including phenoxy) is 3. The zero-order valence-corrected chi connectivity index (χ0v) is 39.0. The zero-order chi connectivity index (χ0) is 46.6. The van der Waals surface area contributed by atoms with E-state index in [1.165, 1.54) is 22.9 Å². The number of benzene rings is 6. The molecule has 0 N–H and O–H groups in total. The second-order valence-corrected chi connectivity index (χ2v) is 19.2. The van der Waals surface area contributed by atoms with Gasteiger partial charge in [0.15, 0.2) is 15.0 Å². The molecule has 0 spiro atoms. The van der Waals surface area contributed by atoms with Crippen molar-refractivity contribution >= 4 is 89.8 Å². The molecule has 0 bridgehead atoms. The summed E-state index contributed by atoms with van der Waals surface area (Å²) >= 11 is 2.97. The molecule has 66 heavy (non-hydrogen) atoms. The highest BCUT2D eigenvalue weighted by molar-refractivity contribution is 8.13. The van der Waals surface area contributed by atoms with Crippen LogP contribution in [0.5, 0.6) is 0 Å². The van der Waals surface area contributed by atoms with Gasteiger partial charge >= 0.3 is 17.9 Å². The molecule has 3 aliphatic rings. The van der Waals surface area contributed by atoms with Gasteiger partial charge in [0.05, 0.1) is 21.6 Å². The molecule has 0 unspecified atom stereocenters. The number of esters is 3. The first-order chi connectivity index (χ1) is 31.9. The lowest BCUT2D eigenvalue weighted by atomic mass is 9.97. The van der Waals surface area contributed by atoms with E-state index in [0.29, 0.717) is 29.7 Å². The van der Waals surface area contributed by atoms with E-state index < -0.39 is 9.84 Å². The average Bonchev–Trinajstić information content (AvgIpc) is 4.06. The normalized spacial score (nSPS) is 14.5. The molecule has 0 atom stereocenters. The molecule has 0 aromatic heterocycles. The number of hydrogen-bond donors (Lipinski definition) is 0. The van der Waals surface area contributed by atoms with Crippen LogP contribution >= 0.6 is 23.5 Å². The van der Waals surface area contributed by atoms with Crippen LogP contribution in [0.3, 0.4) is 0 Å². The summed E-state index contributed by atoms with van der Waals surface area (Å²) in [6.07, 6.45) is 4.65. The Kier molecular flexibility index (Phi) is 15.7. The fraction of sp³-hybridized carbons (Fsp3) is 0.148. The molecule has 3 aliphatic heterocycles. The molecular weight excluding hydrogens is 888 g/mol. The van der Waals surface area contributed by atoms with Gasteiger partial charge in [0.1, 0.15) is 19.8 Å². The molecular formula is C54H46O9S3. The molecule has 0 fully saturated rings. The maximum absolute atomic E-state index is 12.1. The van der Waals surface area contributed by atoms with Crippen molar-refractivity contribution in [3.8, 4) is 0 Å². The molecule has 9 nitrogen and oxygen atoms in total. The lowest BCUT2D eigenvalue weighted by Gasteiger charge is -2.06. The third-order valence-corrected chi connectivity index (χ3v) is 13.5. The number of thioether (sulfide) groups is 2. The van der Waals surface area contributed by atoms with Crippen molar-refractivity contribution in [2.45, 2.75) is 34.5 Å². The Morgan fingerprint density at radius 2 is 0.818 bits per heavy atom. The van der Waals surface area contributed by atoms with Crippen LogP contribution in [0.15, 0.2) is 178 Å². The summed E-state index contributed by atoms with van der Waals surface area (Å²) in [5.74, 6) is -0.874. The van der Waals surface area contributed by atoms with E-state index in [0.717, 1.165) is 61.4 Å². The van der Waals surface area contributed by atoms with Crippen molar-refractivity contribution in [2.75, 3.05) is 32.3 Å². The molecule has 0 radical (unpaired) electrons. The molecule has 0 saturated carbocycles. The van der Waals surface area contributed by atoms with Gasteiger partial charge in [-0.1, -0.05) is 146 Å². The number of carbonyl (C=O) groups excluding carboxylic acids is 4. The van der Waals surface area contributed by atoms with E-state index in [-0.39, 0.29) is 41.1 Å². The SMILES string of the molecule is CCCC(=O)Sc1ccc(C2=C(c3ccccc3)C(=O)OC2)cc1.CSc1ccc(C2=C(c3ccccc3)C(=O)OC2)cc1.[11CH3]S(=O)(=O)c1ccc(C2=C(c3ccccc3)C(=O)OC2)cc1. The van der Waals surface area contributed by atoms with Crippen molar-refractivity contribution in [3.05, 3.63) is 197 Å². The number of sulfone groups is 1. The second-order valence-electron chi connectivity index (χ2n) is 15.2. The largest absolute Gasteiger partial charge is 0.457 e. The smallest absolute Gasteiger partial charge is 0.339 e. The Morgan fingerprint density at radius 3 is 1.14 bits per heavy atom. The summed E-state index contributed by atoms with van der Waals surface area (Å²) < 4.78 is 38.6. The van der Waals surface area contributed by atoms with Crippen molar-refractivity contribution < 1.29 is 41.8 Å². The molecule has 6 aromatic rings. The van der Waals surface area contributed by atoms with Crippen LogP contribution in [0.25, 0.3) is 33.4 Å². The second kappa shape index (κ2) is 22.0. The average molecular weight is 934 g/mol. The first kappa shape index (κ1) is 47.2.